The standard InChI is InChI=1S/C14H19FN2O3S/c1-10(14(18)17-8-2-3-12(16)9-17)21(19,20)13-6-4-11(15)5-7-13/h4-7,10,12H,2-3,8-9,16H2,1H3/t10-,12+/m0/s1. The molecular formula is C14H19FN2O3S. The molecule has 2 rings (SSSR count). The molecule has 1 aromatic rings. The summed E-state index contributed by atoms with van der Waals surface area (Å²) in [4.78, 5) is 13.8. The molecular weight excluding hydrogens is 295 g/mol. The molecule has 0 aliphatic carbocycles. The van der Waals surface area contributed by atoms with E-state index >= 15 is 0 Å². The molecule has 5 nitrogen and oxygen atoms in total. The molecule has 2 N–H and O–H groups in total. The Balaban J connectivity index is 2.19. The van der Waals surface area contributed by atoms with E-state index in [1.54, 1.807) is 0 Å². The van der Waals surface area contributed by atoms with Crippen molar-refractivity contribution in [2.75, 3.05) is 13.1 Å². The highest BCUT2D eigenvalue weighted by atomic mass is 32.2. The molecule has 0 saturated carbocycles. The zero-order valence-corrected chi connectivity index (χ0v) is 12.6. The van der Waals surface area contributed by atoms with Crippen molar-refractivity contribution in [1.82, 2.24) is 4.90 Å². The number of piperidine rings is 1. The van der Waals surface area contributed by atoms with Crippen LogP contribution in [0, 0.1) is 5.82 Å². The summed E-state index contributed by atoms with van der Waals surface area (Å²) in [6.07, 6.45) is 1.61. The van der Waals surface area contributed by atoms with E-state index in [0.29, 0.717) is 13.1 Å². The van der Waals surface area contributed by atoms with Crippen LogP contribution in [0.4, 0.5) is 4.39 Å². The maximum Gasteiger partial charge on any atom is 0.241 e. The molecule has 1 heterocycles. The number of benzene rings is 1. The van der Waals surface area contributed by atoms with Gasteiger partial charge in [-0.15, -0.1) is 0 Å². The Morgan fingerprint density at radius 3 is 2.57 bits per heavy atom. The van der Waals surface area contributed by atoms with E-state index in [4.69, 9.17) is 5.73 Å². The monoisotopic (exact) mass is 314 g/mol. The molecule has 0 aromatic heterocycles. The summed E-state index contributed by atoms with van der Waals surface area (Å²) in [6, 6.07) is 4.39. The second kappa shape index (κ2) is 6.11. The molecule has 0 spiro atoms. The molecule has 1 fully saturated rings. The van der Waals surface area contributed by atoms with E-state index in [-0.39, 0.29) is 10.9 Å². The van der Waals surface area contributed by atoms with E-state index in [1.807, 2.05) is 0 Å². The Labute approximate surface area is 123 Å². The van der Waals surface area contributed by atoms with Crippen molar-refractivity contribution in [3.05, 3.63) is 30.1 Å². The Kier molecular flexibility index (Phi) is 4.63. The van der Waals surface area contributed by atoms with Gasteiger partial charge in [0.05, 0.1) is 4.90 Å². The summed E-state index contributed by atoms with van der Waals surface area (Å²) in [5.41, 5.74) is 5.81. The van der Waals surface area contributed by atoms with Crippen LogP contribution < -0.4 is 5.73 Å². The zero-order valence-electron chi connectivity index (χ0n) is 11.8. The van der Waals surface area contributed by atoms with Crippen molar-refractivity contribution in [3.8, 4) is 0 Å². The van der Waals surface area contributed by atoms with Gasteiger partial charge < -0.3 is 10.6 Å². The fourth-order valence-electron chi connectivity index (χ4n) is 2.43. The number of hydrogen-bond acceptors (Lipinski definition) is 4. The molecule has 7 heteroatoms. The second-order valence-electron chi connectivity index (χ2n) is 5.33. The summed E-state index contributed by atoms with van der Waals surface area (Å²) < 4.78 is 37.7. The SMILES string of the molecule is C[C@@H](C(=O)N1CCC[C@@H](N)C1)S(=O)(=O)c1ccc(F)cc1. The molecule has 1 aromatic carbocycles. The van der Waals surface area contributed by atoms with Crippen LogP contribution in [0.25, 0.3) is 0 Å². The summed E-state index contributed by atoms with van der Waals surface area (Å²) >= 11 is 0. The first-order chi connectivity index (χ1) is 9.82. The lowest BCUT2D eigenvalue weighted by Gasteiger charge is -2.32. The van der Waals surface area contributed by atoms with E-state index in [0.717, 1.165) is 25.0 Å². The molecule has 0 radical (unpaired) electrons. The molecule has 0 bridgehead atoms. The van der Waals surface area contributed by atoms with Gasteiger partial charge in [0, 0.05) is 19.1 Å². The summed E-state index contributed by atoms with van der Waals surface area (Å²) in [5, 5.41) is -1.20. The maximum atomic E-state index is 12.9. The van der Waals surface area contributed by atoms with Gasteiger partial charge in [0.15, 0.2) is 9.84 Å². The molecule has 1 saturated heterocycles. The highest BCUT2D eigenvalue weighted by Crippen LogP contribution is 2.19. The van der Waals surface area contributed by atoms with Crippen LogP contribution >= 0.6 is 0 Å². The Morgan fingerprint density at radius 2 is 2.00 bits per heavy atom. The molecule has 1 aliphatic rings. The number of carbonyl (C=O) groups is 1. The van der Waals surface area contributed by atoms with Crippen LogP contribution in [0.1, 0.15) is 19.8 Å². The van der Waals surface area contributed by atoms with Crippen LogP contribution in [0.2, 0.25) is 0 Å². The molecule has 1 aliphatic heterocycles. The first kappa shape index (κ1) is 15.9. The Hall–Kier alpha value is -1.47. The van der Waals surface area contributed by atoms with E-state index < -0.39 is 26.8 Å². The largest absolute Gasteiger partial charge is 0.340 e. The summed E-state index contributed by atoms with van der Waals surface area (Å²) in [5.74, 6) is -0.968. The number of likely N-dealkylation sites (tertiary alicyclic amines) is 1. The van der Waals surface area contributed by atoms with Crippen molar-refractivity contribution in [1.29, 1.82) is 0 Å². The van der Waals surface area contributed by atoms with Gasteiger partial charge in [-0.3, -0.25) is 4.79 Å². The molecule has 1 amide bonds. The number of sulfone groups is 1. The van der Waals surface area contributed by atoms with Crippen molar-refractivity contribution < 1.29 is 17.6 Å². The average molecular weight is 314 g/mol. The number of amides is 1. The Morgan fingerprint density at radius 1 is 1.38 bits per heavy atom. The Bertz CT molecular complexity index is 616. The van der Waals surface area contributed by atoms with Gasteiger partial charge in [-0.2, -0.15) is 0 Å². The first-order valence-electron chi connectivity index (χ1n) is 6.86. The smallest absolute Gasteiger partial charge is 0.241 e. The summed E-state index contributed by atoms with van der Waals surface area (Å²) in [6.45, 7) is 2.26. The van der Waals surface area contributed by atoms with Gasteiger partial charge in [-0.05, 0) is 44.0 Å². The lowest BCUT2D eigenvalue weighted by molar-refractivity contribution is -0.131. The van der Waals surface area contributed by atoms with Crippen molar-refractivity contribution in [3.63, 3.8) is 0 Å². The quantitative estimate of drug-likeness (QED) is 0.842. The van der Waals surface area contributed by atoms with Gasteiger partial charge in [0.2, 0.25) is 5.91 Å². The predicted octanol–water partition coefficient (Wildman–Crippen LogP) is 0.938. The van der Waals surface area contributed by atoms with Crippen molar-refractivity contribution >= 4 is 15.7 Å². The van der Waals surface area contributed by atoms with Crippen LogP contribution in [-0.4, -0.2) is 43.6 Å². The van der Waals surface area contributed by atoms with Crippen LogP contribution in [-0.2, 0) is 14.6 Å². The lowest BCUT2D eigenvalue weighted by atomic mass is 10.1. The van der Waals surface area contributed by atoms with Crippen LogP contribution in [0.3, 0.4) is 0 Å². The second-order valence-corrected chi connectivity index (χ2v) is 7.60. The topological polar surface area (TPSA) is 80.5 Å². The van der Waals surface area contributed by atoms with Crippen molar-refractivity contribution in [2.24, 2.45) is 5.73 Å². The number of hydrogen-bond donors (Lipinski definition) is 1. The van der Waals surface area contributed by atoms with Gasteiger partial charge in [-0.1, -0.05) is 0 Å². The molecule has 2 atom stereocenters. The van der Waals surface area contributed by atoms with Gasteiger partial charge in [0.25, 0.3) is 0 Å². The third kappa shape index (κ3) is 3.41. The number of nitrogens with two attached hydrogens (primary N) is 1. The maximum absolute atomic E-state index is 12.9. The number of carbonyl (C=O) groups excluding carboxylic acids is 1. The fourth-order valence-corrected chi connectivity index (χ4v) is 3.77. The van der Waals surface area contributed by atoms with Crippen LogP contribution in [0.15, 0.2) is 29.2 Å². The number of nitrogens with zero attached hydrogens (tertiary/aromatic N) is 1. The van der Waals surface area contributed by atoms with Crippen molar-refractivity contribution in [2.45, 2.75) is 36.0 Å². The van der Waals surface area contributed by atoms with E-state index in [1.165, 1.54) is 24.0 Å². The fraction of sp³-hybridized carbons (Fsp3) is 0.500. The van der Waals surface area contributed by atoms with Gasteiger partial charge in [0.1, 0.15) is 11.1 Å². The third-order valence-electron chi connectivity index (χ3n) is 3.72. The lowest BCUT2D eigenvalue weighted by Crippen LogP contribution is -2.50. The highest BCUT2D eigenvalue weighted by molar-refractivity contribution is 7.92. The molecule has 21 heavy (non-hydrogen) atoms. The molecule has 0 unspecified atom stereocenters. The minimum absolute atomic E-state index is 0.0499. The zero-order chi connectivity index (χ0) is 15.6. The number of rotatable bonds is 3. The highest BCUT2D eigenvalue weighted by Gasteiger charge is 2.34. The number of halogens is 1. The van der Waals surface area contributed by atoms with Gasteiger partial charge >= 0.3 is 0 Å². The van der Waals surface area contributed by atoms with E-state index in [2.05, 4.69) is 0 Å². The molecule has 116 valence electrons. The minimum Gasteiger partial charge on any atom is -0.340 e. The third-order valence-corrected chi connectivity index (χ3v) is 5.79. The normalized spacial score (nSPS) is 21.1. The van der Waals surface area contributed by atoms with Gasteiger partial charge in [-0.25, -0.2) is 12.8 Å². The first-order valence-corrected chi connectivity index (χ1v) is 8.41. The van der Waals surface area contributed by atoms with E-state index in [9.17, 15) is 17.6 Å². The average Bonchev–Trinajstić information content (AvgIpc) is 2.46. The predicted molar refractivity (Wildman–Crippen MR) is 76.8 cm³/mol. The minimum atomic E-state index is -3.82. The summed E-state index contributed by atoms with van der Waals surface area (Å²) in [7, 11) is -3.82. The van der Waals surface area contributed by atoms with Crippen LogP contribution in [0.5, 0.6) is 0 Å².